The summed E-state index contributed by atoms with van der Waals surface area (Å²) < 4.78 is 16.4. The van der Waals surface area contributed by atoms with E-state index < -0.39 is 23.7 Å². The van der Waals surface area contributed by atoms with Crippen LogP contribution in [0.25, 0.3) is 22.7 Å². The van der Waals surface area contributed by atoms with Gasteiger partial charge in [0, 0.05) is 11.8 Å². The molecule has 3 aromatic rings. The number of oxazole rings is 1. The van der Waals surface area contributed by atoms with Crippen molar-refractivity contribution in [2.45, 2.75) is 59.3 Å². The quantitative estimate of drug-likeness (QED) is 0.524. The second kappa shape index (κ2) is 9.80. The summed E-state index contributed by atoms with van der Waals surface area (Å²) >= 11 is 0. The zero-order valence-corrected chi connectivity index (χ0v) is 19.0. The molecule has 2 heterocycles. The first-order valence-corrected chi connectivity index (χ1v) is 10.6. The van der Waals surface area contributed by atoms with E-state index in [0.717, 1.165) is 11.1 Å². The van der Waals surface area contributed by atoms with Crippen LogP contribution in [-0.2, 0) is 20.9 Å². The van der Waals surface area contributed by atoms with Crippen LogP contribution in [0.3, 0.4) is 0 Å². The number of hydrogen-bond acceptors (Lipinski definition) is 7. The Morgan fingerprint density at radius 3 is 2.47 bits per heavy atom. The van der Waals surface area contributed by atoms with Crippen molar-refractivity contribution in [3.63, 3.8) is 0 Å². The van der Waals surface area contributed by atoms with Crippen LogP contribution in [0.5, 0.6) is 0 Å². The lowest BCUT2D eigenvalue weighted by atomic mass is 10.0. The Morgan fingerprint density at radius 1 is 1.12 bits per heavy atom. The number of esters is 1. The van der Waals surface area contributed by atoms with E-state index in [0.29, 0.717) is 23.5 Å². The van der Waals surface area contributed by atoms with E-state index in [1.807, 2.05) is 44.2 Å². The molecule has 0 aliphatic carbocycles. The van der Waals surface area contributed by atoms with E-state index in [9.17, 15) is 9.59 Å². The molecule has 32 heavy (non-hydrogen) atoms. The molecular weight excluding hydrogens is 410 g/mol. The highest BCUT2D eigenvalue weighted by molar-refractivity contribution is 5.81. The Hall–Kier alpha value is -3.42. The molecule has 8 nitrogen and oxygen atoms in total. The van der Waals surface area contributed by atoms with Gasteiger partial charge in [-0.1, -0.05) is 26.0 Å². The second-order valence-corrected chi connectivity index (χ2v) is 8.98. The van der Waals surface area contributed by atoms with Crippen molar-refractivity contribution < 1.29 is 23.5 Å². The van der Waals surface area contributed by atoms with Crippen molar-refractivity contribution in [1.29, 1.82) is 0 Å². The lowest BCUT2D eigenvalue weighted by Crippen LogP contribution is -2.44. The molecule has 1 atom stereocenters. The minimum atomic E-state index is -0.781. The molecule has 8 heteroatoms. The van der Waals surface area contributed by atoms with Gasteiger partial charge in [-0.15, -0.1) is 0 Å². The number of amides is 1. The Kier molecular flexibility index (Phi) is 7.12. The van der Waals surface area contributed by atoms with Crippen LogP contribution in [0.15, 0.2) is 47.0 Å². The first kappa shape index (κ1) is 23.2. The van der Waals surface area contributed by atoms with Gasteiger partial charge in [0.15, 0.2) is 11.2 Å². The zero-order chi connectivity index (χ0) is 23.3. The number of pyridine rings is 1. The molecule has 3 rings (SSSR count). The molecule has 0 aliphatic heterocycles. The summed E-state index contributed by atoms with van der Waals surface area (Å²) in [4.78, 5) is 33.3. The third kappa shape index (κ3) is 6.54. The van der Waals surface area contributed by atoms with Gasteiger partial charge < -0.3 is 19.2 Å². The number of nitrogens with zero attached hydrogens (tertiary/aromatic N) is 2. The third-order valence-corrected chi connectivity index (χ3v) is 4.43. The molecule has 0 aliphatic rings. The van der Waals surface area contributed by atoms with Gasteiger partial charge in [0.05, 0.1) is 0 Å². The highest BCUT2D eigenvalue weighted by atomic mass is 16.6. The maximum Gasteiger partial charge on any atom is 0.408 e. The van der Waals surface area contributed by atoms with Crippen molar-refractivity contribution in [2.24, 2.45) is 5.92 Å². The first-order valence-electron chi connectivity index (χ1n) is 10.6. The van der Waals surface area contributed by atoms with Crippen molar-refractivity contribution in [3.05, 3.63) is 48.2 Å². The molecule has 0 saturated heterocycles. The molecule has 1 aromatic carbocycles. The molecule has 0 bridgehead atoms. The second-order valence-electron chi connectivity index (χ2n) is 8.98. The third-order valence-electron chi connectivity index (χ3n) is 4.43. The topological polar surface area (TPSA) is 104 Å². The van der Waals surface area contributed by atoms with Gasteiger partial charge >= 0.3 is 12.1 Å². The summed E-state index contributed by atoms with van der Waals surface area (Å²) in [5.41, 5.74) is 2.12. The summed E-state index contributed by atoms with van der Waals surface area (Å²) in [6.45, 7) is 9.32. The van der Waals surface area contributed by atoms with Gasteiger partial charge in [-0.3, -0.25) is 0 Å². The first-order chi connectivity index (χ1) is 15.1. The number of ether oxygens (including phenoxy) is 2. The number of alkyl carbamates (subject to hydrolysis) is 1. The minimum Gasteiger partial charge on any atom is -0.459 e. The standard InChI is InChI=1S/C24H29N3O5/c1-15(2)13-18(26-23(29)32-24(3,4)5)22(28)30-14-16-8-10-17(11-9-16)21-27-20-19(31-21)7-6-12-25-20/h6-12,15,18H,13-14H2,1-5H3,(H,26,29)/t18-/m1/s1. The molecule has 1 N–H and O–H groups in total. The molecule has 0 fully saturated rings. The number of carbonyl (C=O) groups excluding carboxylic acids is 2. The Balaban J connectivity index is 1.60. The predicted molar refractivity (Wildman–Crippen MR) is 120 cm³/mol. The summed E-state index contributed by atoms with van der Waals surface area (Å²) in [5.74, 6) is 0.159. The average molecular weight is 440 g/mol. The summed E-state index contributed by atoms with van der Waals surface area (Å²) in [7, 11) is 0. The molecule has 1 amide bonds. The van der Waals surface area contributed by atoms with Gasteiger partial charge in [-0.2, -0.15) is 4.98 Å². The number of benzene rings is 1. The van der Waals surface area contributed by atoms with E-state index in [-0.39, 0.29) is 12.5 Å². The number of carbonyl (C=O) groups is 2. The number of nitrogens with one attached hydrogen (secondary N) is 1. The largest absolute Gasteiger partial charge is 0.459 e. The molecule has 0 saturated carbocycles. The van der Waals surface area contributed by atoms with Crippen LogP contribution < -0.4 is 5.32 Å². The van der Waals surface area contributed by atoms with Crippen LogP contribution in [0.2, 0.25) is 0 Å². The number of aromatic nitrogens is 2. The highest BCUT2D eigenvalue weighted by Crippen LogP contribution is 2.23. The van der Waals surface area contributed by atoms with Crippen LogP contribution >= 0.6 is 0 Å². The van der Waals surface area contributed by atoms with Crippen LogP contribution in [0, 0.1) is 5.92 Å². The molecular formula is C24H29N3O5. The van der Waals surface area contributed by atoms with Gasteiger partial charge in [0.1, 0.15) is 18.2 Å². The Morgan fingerprint density at radius 2 is 1.84 bits per heavy atom. The molecule has 0 spiro atoms. The van der Waals surface area contributed by atoms with Crippen LogP contribution in [-0.4, -0.2) is 33.7 Å². The van der Waals surface area contributed by atoms with Gasteiger partial charge in [0.2, 0.25) is 5.89 Å². The number of rotatable bonds is 7. The maximum absolute atomic E-state index is 12.6. The number of hydrogen-bond donors (Lipinski definition) is 1. The van der Waals surface area contributed by atoms with E-state index in [1.54, 1.807) is 33.0 Å². The summed E-state index contributed by atoms with van der Waals surface area (Å²) in [5, 5.41) is 2.62. The van der Waals surface area contributed by atoms with E-state index in [4.69, 9.17) is 13.9 Å². The average Bonchev–Trinajstić information content (AvgIpc) is 3.14. The fourth-order valence-corrected chi connectivity index (χ4v) is 3.03. The zero-order valence-electron chi connectivity index (χ0n) is 19.0. The smallest absolute Gasteiger partial charge is 0.408 e. The van der Waals surface area contributed by atoms with E-state index in [2.05, 4.69) is 15.3 Å². The van der Waals surface area contributed by atoms with Gasteiger partial charge in [-0.25, -0.2) is 14.6 Å². The van der Waals surface area contributed by atoms with Gasteiger partial charge in [-0.05, 0) is 62.9 Å². The molecule has 2 aromatic heterocycles. The Bertz CT molecular complexity index is 1030. The fourth-order valence-electron chi connectivity index (χ4n) is 3.03. The molecule has 170 valence electrons. The lowest BCUT2D eigenvalue weighted by Gasteiger charge is -2.23. The van der Waals surface area contributed by atoms with Crippen LogP contribution in [0.4, 0.5) is 4.79 Å². The lowest BCUT2D eigenvalue weighted by molar-refractivity contribution is -0.148. The van der Waals surface area contributed by atoms with Gasteiger partial charge in [0.25, 0.3) is 0 Å². The SMILES string of the molecule is CC(C)C[C@@H](NC(=O)OC(C)(C)C)C(=O)OCc1ccc(-c2nc3ncccc3o2)cc1. The summed E-state index contributed by atoms with van der Waals surface area (Å²) in [6, 6.07) is 10.2. The maximum atomic E-state index is 12.6. The van der Waals surface area contributed by atoms with Crippen molar-refractivity contribution in [3.8, 4) is 11.5 Å². The fraction of sp³-hybridized carbons (Fsp3) is 0.417. The summed E-state index contributed by atoms with van der Waals surface area (Å²) in [6.07, 6.45) is 1.47. The predicted octanol–water partition coefficient (Wildman–Crippen LogP) is 4.87. The highest BCUT2D eigenvalue weighted by Gasteiger charge is 2.26. The number of fused-ring (bicyclic) bond motifs is 1. The Labute approximate surface area is 187 Å². The normalized spacial score (nSPS) is 12.6. The van der Waals surface area contributed by atoms with Crippen molar-refractivity contribution >= 4 is 23.3 Å². The van der Waals surface area contributed by atoms with Crippen molar-refractivity contribution in [1.82, 2.24) is 15.3 Å². The minimum absolute atomic E-state index is 0.0822. The van der Waals surface area contributed by atoms with E-state index in [1.165, 1.54) is 0 Å². The van der Waals surface area contributed by atoms with Crippen LogP contribution in [0.1, 0.15) is 46.6 Å². The monoisotopic (exact) mass is 439 g/mol. The van der Waals surface area contributed by atoms with E-state index >= 15 is 0 Å². The van der Waals surface area contributed by atoms with Crippen molar-refractivity contribution in [2.75, 3.05) is 0 Å². The molecule has 0 radical (unpaired) electrons. The molecule has 0 unspecified atom stereocenters.